The summed E-state index contributed by atoms with van der Waals surface area (Å²) < 4.78 is 21.5. The highest BCUT2D eigenvalue weighted by molar-refractivity contribution is 6.35. The molecule has 4 atom stereocenters. The molecule has 0 radical (unpaired) electrons. The van der Waals surface area contributed by atoms with Crippen LogP contribution < -0.4 is 43.5 Å². The SMILES string of the molecule is C.C.C.CC(Nc1ncnc2nc[nH]c12)c1cc2cccc(Cl)c2c(=O)n1-c1ccccc1.CCC(Nc1ncnc2nc[nH]c12)c1cc2cccc(C)c2c(=O)n1-c1ccc(C)cc1.CCC(Nc1ncnc2nc[nH]c12)c1cc2cccc(C)c2c(=O)n1-c1ccccc1.Cc1cccc2cc(C(C)Nc3ncnc4nc[nH]c34)n(-c3ccccc3F)c(=O)c12. The summed E-state index contributed by atoms with van der Waals surface area (Å²) in [6.07, 6.45) is 13.7. The van der Waals surface area contributed by atoms with Crippen molar-refractivity contribution in [2.24, 2.45) is 0 Å². The molecule has 0 aliphatic carbocycles. The molecule has 0 bridgehead atoms. The number of fused-ring (bicyclic) bond motifs is 8. The molecule has 8 N–H and O–H groups in total. The number of aromatic nitrogens is 20. The zero-order chi connectivity index (χ0) is 85.8. The van der Waals surface area contributed by atoms with E-state index >= 15 is 0 Å². The van der Waals surface area contributed by atoms with Crippen LogP contribution in [0.3, 0.4) is 0 Å². The first kappa shape index (κ1) is 87.6. The number of hydrogen-bond donors (Lipinski definition) is 8. The summed E-state index contributed by atoms with van der Waals surface area (Å²) in [5.41, 5.74) is 14.4. The second-order valence-electron chi connectivity index (χ2n) is 29.9. The smallest absolute Gasteiger partial charge is 0.264 e. The van der Waals surface area contributed by atoms with E-state index in [1.165, 1.54) is 35.9 Å². The molecule has 12 heterocycles. The third-order valence-electron chi connectivity index (χ3n) is 21.9. The van der Waals surface area contributed by atoms with Crippen molar-refractivity contribution in [2.45, 2.75) is 115 Å². The van der Waals surface area contributed by atoms with E-state index in [2.05, 4.69) is 127 Å². The second kappa shape index (κ2) is 37.9. The van der Waals surface area contributed by atoms with Gasteiger partial charge in [-0.15, -0.1) is 0 Å². The molecule has 30 heteroatoms. The molecular formula is C97H94ClFN24O4. The molecule has 20 rings (SSSR count). The van der Waals surface area contributed by atoms with Crippen LogP contribution in [0.2, 0.25) is 5.02 Å². The Hall–Kier alpha value is -15.8. The van der Waals surface area contributed by atoms with Gasteiger partial charge < -0.3 is 41.2 Å². The van der Waals surface area contributed by atoms with E-state index in [0.717, 1.165) is 113 Å². The van der Waals surface area contributed by atoms with Crippen LogP contribution in [0.1, 0.15) is 132 Å². The van der Waals surface area contributed by atoms with Gasteiger partial charge in [0.15, 0.2) is 45.9 Å². The van der Waals surface area contributed by atoms with Crippen LogP contribution in [0.5, 0.6) is 0 Å². The van der Waals surface area contributed by atoms with Gasteiger partial charge in [-0.2, -0.15) is 0 Å². The van der Waals surface area contributed by atoms with Gasteiger partial charge in [-0.3, -0.25) is 37.4 Å². The standard InChI is InChI=1S/C25H24N6O.C24H22N6O.C23H19FN6O.C22H17ClN6O.3CH4/c1-4-19(30-24-22-23(27-13-26-22)28-14-29-24)20-12-17-7-5-6-16(3)21(17)25(32)31(20)18-10-8-15(2)9-11-18;1-3-18(29-23-21-22(26-13-25-21)27-14-28-23)19-12-16-9-7-8-15(2)20(16)24(31)30(19)17-10-5-4-6-11-17;1-13-6-5-7-15-10-18(14(2)29-22-20-21(26-11-25-20)27-12-28-22)30(23(31)19(13)15)17-9-4-3-8-16(17)24;1-13(28-21-19-20(25-11-24-19)26-12-27-21)17-10-14-6-5-9-16(23)18(14)22(30)29(17)15-7-3-2-4-8-15;;;/h5-14,19H,4H2,1-3H3,(H2,26,27,28,29,30);4-14,18H,3H2,1-2H3,(H2,25,26,27,28,29);3-12,14H,1-2H3,(H2,25,26,27,28,29);2-13H,1H3,(H2,24,25,26,27,28);3*1H4. The maximum absolute atomic E-state index is 14.8. The molecule has 0 spiro atoms. The average Bonchev–Trinajstić information content (AvgIpc) is 1.46. The molecule has 20 aromatic rings. The van der Waals surface area contributed by atoms with E-state index in [0.29, 0.717) is 78.4 Å². The maximum Gasteiger partial charge on any atom is 0.264 e. The Bertz CT molecular complexity index is 7640. The highest BCUT2D eigenvalue weighted by Crippen LogP contribution is 2.35. The summed E-state index contributed by atoms with van der Waals surface area (Å²) in [5.74, 6) is 2.01. The number of para-hydroxylation sites is 3. The summed E-state index contributed by atoms with van der Waals surface area (Å²) in [6, 6.07) is 63.9. The van der Waals surface area contributed by atoms with Crippen molar-refractivity contribution >= 4 is 123 Å². The van der Waals surface area contributed by atoms with Gasteiger partial charge in [0.05, 0.1) is 81.7 Å². The minimum atomic E-state index is -0.469. The number of benzene rings is 8. The molecule has 28 nitrogen and oxygen atoms in total. The van der Waals surface area contributed by atoms with Crippen molar-refractivity contribution in [2.75, 3.05) is 21.3 Å². The van der Waals surface area contributed by atoms with Gasteiger partial charge >= 0.3 is 0 Å². The number of nitrogens with zero attached hydrogens (tertiary/aromatic N) is 16. The number of nitrogens with one attached hydrogen (secondary N) is 8. The Balaban J connectivity index is 0.000000136. The molecule has 0 aliphatic rings. The van der Waals surface area contributed by atoms with E-state index < -0.39 is 5.82 Å². The monoisotopic (exact) mass is 1710 g/mol. The molecule has 0 aliphatic heterocycles. The largest absolute Gasteiger partial charge is 0.360 e. The molecule has 0 saturated heterocycles. The molecule has 8 aromatic carbocycles. The Labute approximate surface area is 733 Å². The van der Waals surface area contributed by atoms with Crippen molar-refractivity contribution in [1.29, 1.82) is 0 Å². The summed E-state index contributed by atoms with van der Waals surface area (Å²) in [6.45, 7) is 15.9. The van der Waals surface area contributed by atoms with E-state index in [1.807, 2.05) is 214 Å². The highest BCUT2D eigenvalue weighted by atomic mass is 35.5. The Morgan fingerprint density at radius 1 is 0.346 bits per heavy atom. The first-order valence-corrected chi connectivity index (χ1v) is 40.6. The lowest BCUT2D eigenvalue weighted by Gasteiger charge is -2.24. The first-order chi connectivity index (χ1) is 60.4. The predicted octanol–water partition coefficient (Wildman–Crippen LogP) is 20.0. The topological polar surface area (TPSA) is 354 Å². The van der Waals surface area contributed by atoms with E-state index in [4.69, 9.17) is 11.6 Å². The van der Waals surface area contributed by atoms with Crippen LogP contribution in [0.25, 0.3) is 110 Å². The van der Waals surface area contributed by atoms with Gasteiger partial charge in [-0.25, -0.2) is 64.2 Å². The third-order valence-corrected chi connectivity index (χ3v) is 22.2. The fraction of sp³-hybridized carbons (Fsp3) is 0.175. The van der Waals surface area contributed by atoms with Crippen molar-refractivity contribution < 1.29 is 4.39 Å². The van der Waals surface area contributed by atoms with Crippen LogP contribution in [0.4, 0.5) is 27.7 Å². The zero-order valence-electron chi connectivity index (χ0n) is 68.5. The molecule has 4 unspecified atom stereocenters. The number of anilines is 4. The van der Waals surface area contributed by atoms with Gasteiger partial charge in [-0.1, -0.05) is 181 Å². The van der Waals surface area contributed by atoms with Gasteiger partial charge in [-0.05, 0) is 171 Å². The molecule has 12 aromatic heterocycles. The van der Waals surface area contributed by atoms with Gasteiger partial charge in [0.25, 0.3) is 22.2 Å². The van der Waals surface area contributed by atoms with E-state index in [-0.39, 0.29) is 74.4 Å². The van der Waals surface area contributed by atoms with Crippen molar-refractivity contribution in [3.63, 3.8) is 0 Å². The number of aryl methyl sites for hydroxylation is 4. The predicted molar refractivity (Wildman–Crippen MR) is 506 cm³/mol. The second-order valence-corrected chi connectivity index (χ2v) is 30.3. The van der Waals surface area contributed by atoms with Gasteiger partial charge in [0.1, 0.15) is 53.2 Å². The number of hydrogen-bond acceptors (Lipinski definition) is 20. The number of H-pyrrole nitrogens is 4. The number of halogens is 2. The van der Waals surface area contributed by atoms with Crippen LogP contribution in [0.15, 0.2) is 276 Å². The summed E-state index contributed by atoms with van der Waals surface area (Å²) in [4.78, 5) is 118. The van der Waals surface area contributed by atoms with Crippen molar-refractivity contribution in [3.05, 3.63) is 354 Å². The van der Waals surface area contributed by atoms with Crippen LogP contribution >= 0.6 is 11.6 Å². The maximum atomic E-state index is 14.8. The fourth-order valence-corrected chi connectivity index (χ4v) is 16.1. The molecule has 0 fully saturated rings. The zero-order valence-corrected chi connectivity index (χ0v) is 69.3. The van der Waals surface area contributed by atoms with Crippen LogP contribution in [-0.4, -0.2) is 98.0 Å². The lowest BCUT2D eigenvalue weighted by atomic mass is 10.0. The van der Waals surface area contributed by atoms with Crippen LogP contribution in [-0.2, 0) is 0 Å². The lowest BCUT2D eigenvalue weighted by Crippen LogP contribution is -2.27. The van der Waals surface area contributed by atoms with E-state index in [1.54, 1.807) is 54.1 Å². The summed E-state index contributed by atoms with van der Waals surface area (Å²) in [5, 5.41) is 20.2. The number of pyridine rings is 4. The van der Waals surface area contributed by atoms with Crippen molar-refractivity contribution in [3.8, 4) is 22.7 Å². The Morgan fingerprint density at radius 2 is 0.661 bits per heavy atom. The normalized spacial score (nSPS) is 12.0. The summed E-state index contributed by atoms with van der Waals surface area (Å²) >= 11 is 6.38. The minimum absolute atomic E-state index is 0. The van der Waals surface area contributed by atoms with Gasteiger partial charge in [0.2, 0.25) is 0 Å². The molecule has 0 amide bonds. The lowest BCUT2D eigenvalue weighted by molar-refractivity contribution is 0.611. The van der Waals surface area contributed by atoms with Crippen LogP contribution in [0, 0.1) is 33.5 Å². The number of imidazole rings is 4. The minimum Gasteiger partial charge on any atom is -0.360 e. The number of rotatable bonds is 18. The molecular weight excluding hydrogens is 1620 g/mol. The van der Waals surface area contributed by atoms with Gasteiger partial charge in [0, 0.05) is 39.8 Å². The third kappa shape index (κ3) is 17.3. The molecule has 0 saturated carbocycles. The Kier molecular flexibility index (Phi) is 26.1. The number of aromatic amines is 4. The van der Waals surface area contributed by atoms with Crippen molar-refractivity contribution in [1.82, 2.24) is 98.0 Å². The molecule has 127 heavy (non-hydrogen) atoms. The quantitative estimate of drug-likeness (QED) is 0.0395. The average molecular weight is 1710 g/mol. The highest BCUT2D eigenvalue weighted by Gasteiger charge is 2.27. The Morgan fingerprint density at radius 3 is 1.05 bits per heavy atom. The fourth-order valence-electron chi connectivity index (χ4n) is 15.8. The van der Waals surface area contributed by atoms with E-state index in [9.17, 15) is 23.6 Å². The molecule has 640 valence electrons. The summed E-state index contributed by atoms with van der Waals surface area (Å²) in [7, 11) is 0. The first-order valence-electron chi connectivity index (χ1n) is 40.3.